The molecule has 0 unspecified atom stereocenters. The molecule has 0 heterocycles. The van der Waals surface area contributed by atoms with Crippen LogP contribution in [0.15, 0.2) is 84.9 Å². The van der Waals surface area contributed by atoms with Gasteiger partial charge in [0.1, 0.15) is 0 Å². The monoisotopic (exact) mass is 554 g/mol. The summed E-state index contributed by atoms with van der Waals surface area (Å²) in [4.78, 5) is 46.2. The Bertz CT molecular complexity index is 1840. The highest BCUT2D eigenvalue weighted by Gasteiger charge is 2.14. The zero-order valence-electron chi connectivity index (χ0n) is 21.5. The van der Waals surface area contributed by atoms with Crippen LogP contribution in [-0.4, -0.2) is 44.3 Å². The normalized spacial score (nSPS) is 10.3. The van der Waals surface area contributed by atoms with E-state index in [0.717, 1.165) is 33.7 Å². The Morgan fingerprint density at radius 3 is 0.905 bits per heavy atom. The Morgan fingerprint density at radius 2 is 0.667 bits per heavy atom. The van der Waals surface area contributed by atoms with E-state index in [9.17, 15) is 39.6 Å². The molecule has 5 rings (SSSR count). The summed E-state index contributed by atoms with van der Waals surface area (Å²) in [5.74, 6) is 6.96. The van der Waals surface area contributed by atoms with Crippen molar-refractivity contribution in [1.29, 1.82) is 0 Å². The highest BCUT2D eigenvalue weighted by atomic mass is 16.4. The zero-order chi connectivity index (χ0) is 30.0. The topological polar surface area (TPSA) is 149 Å². The van der Waals surface area contributed by atoms with Crippen LogP contribution >= 0.6 is 0 Å². The summed E-state index contributed by atoms with van der Waals surface area (Å²) in [5, 5.41) is 40.6. The fraction of sp³-hybridized carbons (Fsp3) is 0. The van der Waals surface area contributed by atoms with Crippen molar-refractivity contribution in [3.05, 3.63) is 129 Å². The maximum atomic E-state index is 11.5. The van der Waals surface area contributed by atoms with Crippen LogP contribution in [0.5, 0.6) is 0 Å². The van der Waals surface area contributed by atoms with Crippen LogP contribution in [0.3, 0.4) is 0 Å². The first-order valence-electron chi connectivity index (χ1n) is 12.3. The van der Waals surface area contributed by atoms with Crippen molar-refractivity contribution in [3.8, 4) is 23.7 Å². The number of benzene rings is 5. The molecule has 5 aromatic carbocycles. The van der Waals surface area contributed by atoms with Gasteiger partial charge in [-0.25, -0.2) is 19.2 Å². The van der Waals surface area contributed by atoms with Crippen molar-refractivity contribution >= 4 is 45.4 Å². The summed E-state index contributed by atoms with van der Waals surface area (Å²) in [6, 6.07) is 22.1. The molecule has 0 spiro atoms. The lowest BCUT2D eigenvalue weighted by Crippen LogP contribution is -2.03. The third-order valence-electron chi connectivity index (χ3n) is 6.45. The minimum absolute atomic E-state index is 0.197. The van der Waals surface area contributed by atoms with Crippen LogP contribution in [-0.2, 0) is 0 Å². The second-order valence-corrected chi connectivity index (χ2v) is 9.16. The van der Waals surface area contributed by atoms with Gasteiger partial charge in [0.25, 0.3) is 0 Å². The van der Waals surface area contributed by atoms with Crippen LogP contribution in [0.25, 0.3) is 21.5 Å². The van der Waals surface area contributed by atoms with Gasteiger partial charge in [-0.15, -0.1) is 0 Å². The van der Waals surface area contributed by atoms with Crippen molar-refractivity contribution in [1.82, 2.24) is 0 Å². The van der Waals surface area contributed by atoms with Crippen molar-refractivity contribution in [3.63, 3.8) is 0 Å². The number of carboxylic acids is 4. The van der Waals surface area contributed by atoms with E-state index < -0.39 is 23.9 Å². The summed E-state index contributed by atoms with van der Waals surface area (Å²) in [7, 11) is 0. The first-order valence-corrected chi connectivity index (χ1v) is 12.3. The predicted octanol–water partition coefficient (Wildman–Crippen LogP) is 5.59. The van der Waals surface area contributed by atoms with Gasteiger partial charge in [0.15, 0.2) is 0 Å². The molecule has 0 saturated carbocycles. The first-order chi connectivity index (χ1) is 20.1. The van der Waals surface area contributed by atoms with E-state index in [1.165, 1.54) is 24.3 Å². The van der Waals surface area contributed by atoms with Crippen LogP contribution in [0.2, 0.25) is 0 Å². The third kappa shape index (κ3) is 5.37. The minimum atomic E-state index is -1.27. The molecule has 0 atom stereocenters. The molecule has 0 aromatic heterocycles. The van der Waals surface area contributed by atoms with Gasteiger partial charge in [-0.3, -0.25) is 0 Å². The van der Waals surface area contributed by atoms with Crippen molar-refractivity contribution in [2.75, 3.05) is 0 Å². The molecular formula is C34H18O8. The smallest absolute Gasteiger partial charge is 0.335 e. The zero-order valence-corrected chi connectivity index (χ0v) is 21.5. The molecule has 0 amide bonds. The summed E-state index contributed by atoms with van der Waals surface area (Å²) in [6.07, 6.45) is 0. The molecular weight excluding hydrogens is 536 g/mol. The number of rotatable bonds is 4. The van der Waals surface area contributed by atoms with Crippen LogP contribution < -0.4 is 0 Å². The largest absolute Gasteiger partial charge is 0.478 e. The fourth-order valence-electron chi connectivity index (χ4n) is 4.56. The van der Waals surface area contributed by atoms with Gasteiger partial charge in [0.2, 0.25) is 0 Å². The lowest BCUT2D eigenvalue weighted by Gasteiger charge is -2.10. The SMILES string of the molecule is O=C(O)c1cc(C#Cc2c3ccccc3c(C#Cc3cc(C(=O)O)cc(C(=O)O)c3)c3ccccc23)cc(C(=O)O)c1. The molecule has 8 heteroatoms. The summed E-state index contributed by atoms with van der Waals surface area (Å²) < 4.78 is 0. The number of hydrogen-bond donors (Lipinski definition) is 4. The average Bonchev–Trinajstić information content (AvgIpc) is 2.98. The number of aromatic carboxylic acids is 4. The van der Waals surface area contributed by atoms with E-state index in [1.54, 1.807) is 0 Å². The Balaban J connectivity index is 1.73. The Labute approximate surface area is 238 Å². The lowest BCUT2D eigenvalue weighted by molar-refractivity contribution is 0.0676. The molecule has 0 aliphatic carbocycles. The molecule has 0 aliphatic heterocycles. The summed E-state index contributed by atoms with van der Waals surface area (Å²) >= 11 is 0. The predicted molar refractivity (Wildman–Crippen MR) is 154 cm³/mol. The number of fused-ring (bicyclic) bond motifs is 2. The van der Waals surface area contributed by atoms with Gasteiger partial charge < -0.3 is 20.4 Å². The van der Waals surface area contributed by atoms with Gasteiger partial charge >= 0.3 is 23.9 Å². The molecule has 0 bridgehead atoms. The van der Waals surface area contributed by atoms with Gasteiger partial charge in [-0.1, -0.05) is 72.2 Å². The Morgan fingerprint density at radius 1 is 0.405 bits per heavy atom. The van der Waals surface area contributed by atoms with E-state index >= 15 is 0 Å². The number of carboxylic acid groups (broad SMARTS) is 4. The Hall–Kier alpha value is -6.38. The van der Waals surface area contributed by atoms with Crippen molar-refractivity contribution < 1.29 is 39.6 Å². The standard InChI is InChI=1S/C34H18O8/c35-31(36)21-13-19(14-22(17-21)32(37)38)9-11-29-25-5-1-2-6-26(25)30(28-8-4-3-7-27(28)29)12-10-20-15-23(33(39)40)18-24(16-20)34(41)42/h1-8,13-18H,(H,35,36)(H,37,38)(H,39,40)(H,41,42). The minimum Gasteiger partial charge on any atom is -0.478 e. The molecule has 0 saturated heterocycles. The van der Waals surface area contributed by atoms with Gasteiger partial charge in [0, 0.05) is 22.3 Å². The quantitative estimate of drug-likeness (QED) is 0.166. The maximum absolute atomic E-state index is 11.5. The summed E-state index contributed by atoms with van der Waals surface area (Å²) in [6.45, 7) is 0. The average molecular weight is 555 g/mol. The van der Waals surface area contributed by atoms with Crippen LogP contribution in [0.1, 0.15) is 63.7 Å². The molecule has 5 aromatic rings. The van der Waals surface area contributed by atoms with E-state index in [1.807, 2.05) is 48.5 Å². The van der Waals surface area contributed by atoms with E-state index in [0.29, 0.717) is 11.1 Å². The van der Waals surface area contributed by atoms with Gasteiger partial charge in [-0.05, 0) is 57.9 Å². The number of carbonyl (C=O) groups is 4. The molecule has 0 radical (unpaired) electrons. The highest BCUT2D eigenvalue weighted by molar-refractivity contribution is 6.10. The van der Waals surface area contributed by atoms with Crippen LogP contribution in [0.4, 0.5) is 0 Å². The Kier molecular flexibility index (Phi) is 7.13. The lowest BCUT2D eigenvalue weighted by atomic mass is 9.91. The third-order valence-corrected chi connectivity index (χ3v) is 6.45. The van der Waals surface area contributed by atoms with Crippen molar-refractivity contribution in [2.45, 2.75) is 0 Å². The van der Waals surface area contributed by atoms with Crippen LogP contribution in [0, 0.1) is 23.7 Å². The van der Waals surface area contributed by atoms with Gasteiger partial charge in [-0.2, -0.15) is 0 Å². The molecule has 202 valence electrons. The van der Waals surface area contributed by atoms with E-state index in [4.69, 9.17) is 0 Å². The van der Waals surface area contributed by atoms with Gasteiger partial charge in [0.05, 0.1) is 22.3 Å². The van der Waals surface area contributed by atoms with E-state index in [2.05, 4.69) is 23.7 Å². The maximum Gasteiger partial charge on any atom is 0.335 e. The van der Waals surface area contributed by atoms with Crippen molar-refractivity contribution in [2.24, 2.45) is 0 Å². The molecule has 42 heavy (non-hydrogen) atoms. The second-order valence-electron chi connectivity index (χ2n) is 9.16. The molecule has 0 aliphatic rings. The number of hydrogen-bond acceptors (Lipinski definition) is 4. The molecule has 8 nitrogen and oxygen atoms in total. The summed E-state index contributed by atoms with van der Waals surface area (Å²) in [5.41, 5.74) is 0.884. The fourth-order valence-corrected chi connectivity index (χ4v) is 4.56. The molecule has 4 N–H and O–H groups in total. The highest BCUT2D eigenvalue weighted by Crippen LogP contribution is 2.32. The second kappa shape index (κ2) is 11.0. The molecule has 0 fully saturated rings. The van der Waals surface area contributed by atoms with E-state index in [-0.39, 0.29) is 33.4 Å². The first kappa shape index (κ1) is 27.2.